The molecule has 0 saturated carbocycles. The molecule has 108 valence electrons. The van der Waals surface area contributed by atoms with Crippen molar-refractivity contribution in [3.05, 3.63) is 12.2 Å². The van der Waals surface area contributed by atoms with E-state index in [1.165, 1.54) is 32.4 Å². The highest BCUT2D eigenvalue weighted by Crippen LogP contribution is 2.21. The quantitative estimate of drug-likeness (QED) is 0.753. The van der Waals surface area contributed by atoms with Crippen molar-refractivity contribution in [1.82, 2.24) is 19.7 Å². The van der Waals surface area contributed by atoms with E-state index >= 15 is 0 Å². The zero-order valence-corrected chi connectivity index (χ0v) is 13.6. The number of nitrogens with zero attached hydrogens (tertiary/aromatic N) is 4. The molecule has 0 aromatic carbocycles. The van der Waals surface area contributed by atoms with Crippen LogP contribution in [0.1, 0.15) is 38.9 Å². The van der Waals surface area contributed by atoms with Crippen LogP contribution >= 0.6 is 15.9 Å². The van der Waals surface area contributed by atoms with Gasteiger partial charge in [-0.1, -0.05) is 29.8 Å². The van der Waals surface area contributed by atoms with Gasteiger partial charge in [0.2, 0.25) is 0 Å². The highest BCUT2D eigenvalue weighted by Gasteiger charge is 2.21. The molecule has 1 aliphatic rings. The maximum atomic E-state index is 4.44. The van der Waals surface area contributed by atoms with Gasteiger partial charge in [0.15, 0.2) is 0 Å². The Kier molecular flexibility index (Phi) is 5.82. The molecule has 0 bridgehead atoms. The van der Waals surface area contributed by atoms with Gasteiger partial charge in [-0.25, -0.2) is 9.67 Å². The van der Waals surface area contributed by atoms with Gasteiger partial charge in [-0.2, -0.15) is 5.10 Å². The number of hydrogen-bond donors (Lipinski definition) is 0. The SMILES string of the molecule is CC(C)Cn1ncnc1CN1CCCC(CCBr)C1. The van der Waals surface area contributed by atoms with Crippen molar-refractivity contribution < 1.29 is 0 Å². The van der Waals surface area contributed by atoms with Crippen LogP contribution in [0.15, 0.2) is 6.33 Å². The number of halogens is 1. The Hall–Kier alpha value is -0.420. The predicted octanol–water partition coefficient (Wildman–Crippen LogP) is 2.93. The largest absolute Gasteiger partial charge is 0.296 e. The number of alkyl halides is 1. The fraction of sp³-hybridized carbons (Fsp3) is 0.857. The summed E-state index contributed by atoms with van der Waals surface area (Å²) in [5, 5.41) is 5.47. The van der Waals surface area contributed by atoms with Crippen LogP contribution in [0.3, 0.4) is 0 Å². The molecule has 2 rings (SSSR count). The molecule has 0 spiro atoms. The molecule has 1 aromatic rings. The van der Waals surface area contributed by atoms with Crippen LogP contribution in [-0.4, -0.2) is 38.1 Å². The summed E-state index contributed by atoms with van der Waals surface area (Å²) in [6, 6.07) is 0. The first-order valence-electron chi connectivity index (χ1n) is 7.34. The first-order chi connectivity index (χ1) is 9.19. The maximum Gasteiger partial charge on any atom is 0.141 e. The summed E-state index contributed by atoms with van der Waals surface area (Å²) in [6.07, 6.45) is 5.67. The Bertz CT molecular complexity index is 375. The van der Waals surface area contributed by atoms with Crippen LogP contribution in [0.5, 0.6) is 0 Å². The molecule has 0 amide bonds. The van der Waals surface area contributed by atoms with Gasteiger partial charge in [0.05, 0.1) is 6.54 Å². The van der Waals surface area contributed by atoms with Crippen LogP contribution in [0.2, 0.25) is 0 Å². The third kappa shape index (κ3) is 4.56. The van der Waals surface area contributed by atoms with Crippen LogP contribution in [0.4, 0.5) is 0 Å². The second kappa shape index (κ2) is 7.39. The number of hydrogen-bond acceptors (Lipinski definition) is 3. The molecule has 0 aliphatic carbocycles. The molecule has 1 saturated heterocycles. The van der Waals surface area contributed by atoms with E-state index in [0.717, 1.165) is 30.2 Å². The molecular weight excluding hydrogens is 304 g/mol. The minimum absolute atomic E-state index is 0.614. The Morgan fingerprint density at radius 2 is 2.32 bits per heavy atom. The van der Waals surface area contributed by atoms with E-state index in [1.54, 1.807) is 6.33 Å². The maximum absolute atomic E-state index is 4.44. The van der Waals surface area contributed by atoms with E-state index in [1.807, 2.05) is 0 Å². The molecule has 0 N–H and O–H groups in total. The van der Waals surface area contributed by atoms with Crippen molar-refractivity contribution in [3.63, 3.8) is 0 Å². The van der Waals surface area contributed by atoms with Gasteiger partial charge < -0.3 is 0 Å². The van der Waals surface area contributed by atoms with Gasteiger partial charge in [0.25, 0.3) is 0 Å². The first-order valence-corrected chi connectivity index (χ1v) is 8.46. The summed E-state index contributed by atoms with van der Waals surface area (Å²) >= 11 is 3.56. The smallest absolute Gasteiger partial charge is 0.141 e. The van der Waals surface area contributed by atoms with Gasteiger partial charge in [-0.3, -0.25) is 4.90 Å². The lowest BCUT2D eigenvalue weighted by Gasteiger charge is -2.32. The van der Waals surface area contributed by atoms with Crippen LogP contribution in [-0.2, 0) is 13.1 Å². The molecule has 5 heteroatoms. The van der Waals surface area contributed by atoms with E-state index in [9.17, 15) is 0 Å². The third-order valence-electron chi connectivity index (χ3n) is 3.72. The molecule has 1 atom stereocenters. The Labute approximate surface area is 124 Å². The average molecular weight is 329 g/mol. The molecule has 19 heavy (non-hydrogen) atoms. The lowest BCUT2D eigenvalue weighted by molar-refractivity contribution is 0.159. The van der Waals surface area contributed by atoms with Gasteiger partial charge in [-0.15, -0.1) is 0 Å². The molecule has 4 nitrogen and oxygen atoms in total. The van der Waals surface area contributed by atoms with E-state index in [2.05, 4.69) is 49.4 Å². The minimum atomic E-state index is 0.614. The summed E-state index contributed by atoms with van der Waals surface area (Å²) in [7, 11) is 0. The molecule has 0 radical (unpaired) electrons. The Balaban J connectivity index is 1.91. The highest BCUT2D eigenvalue weighted by atomic mass is 79.9. The van der Waals surface area contributed by atoms with Crippen LogP contribution in [0.25, 0.3) is 0 Å². The van der Waals surface area contributed by atoms with Crippen LogP contribution in [0, 0.1) is 11.8 Å². The lowest BCUT2D eigenvalue weighted by Crippen LogP contribution is -2.36. The van der Waals surface area contributed by atoms with Gasteiger partial charge in [0.1, 0.15) is 12.2 Å². The summed E-state index contributed by atoms with van der Waals surface area (Å²) in [6.45, 7) is 8.77. The zero-order valence-electron chi connectivity index (χ0n) is 12.1. The van der Waals surface area contributed by atoms with E-state index in [-0.39, 0.29) is 0 Å². The van der Waals surface area contributed by atoms with Crippen molar-refractivity contribution >= 4 is 15.9 Å². The van der Waals surface area contributed by atoms with Crippen molar-refractivity contribution in [2.45, 2.75) is 46.2 Å². The normalized spacial score (nSPS) is 21.2. The Morgan fingerprint density at radius 1 is 1.47 bits per heavy atom. The summed E-state index contributed by atoms with van der Waals surface area (Å²) < 4.78 is 2.07. The summed E-state index contributed by atoms with van der Waals surface area (Å²) in [5.41, 5.74) is 0. The second-order valence-electron chi connectivity index (χ2n) is 5.97. The monoisotopic (exact) mass is 328 g/mol. The van der Waals surface area contributed by atoms with E-state index in [4.69, 9.17) is 0 Å². The van der Waals surface area contributed by atoms with Gasteiger partial charge in [-0.05, 0) is 37.6 Å². The number of aromatic nitrogens is 3. The van der Waals surface area contributed by atoms with Gasteiger partial charge in [0, 0.05) is 18.4 Å². The second-order valence-corrected chi connectivity index (χ2v) is 6.77. The lowest BCUT2D eigenvalue weighted by atomic mass is 9.96. The first kappa shape index (κ1) is 15.0. The van der Waals surface area contributed by atoms with Gasteiger partial charge >= 0.3 is 0 Å². The van der Waals surface area contributed by atoms with Crippen molar-refractivity contribution in [2.24, 2.45) is 11.8 Å². The van der Waals surface area contributed by atoms with Crippen molar-refractivity contribution in [3.8, 4) is 0 Å². The molecule has 1 unspecified atom stereocenters. The van der Waals surface area contributed by atoms with E-state index < -0.39 is 0 Å². The standard InChI is InChI=1S/C14H25BrN4/c1-12(2)8-19-14(16-11-17-19)10-18-7-3-4-13(9-18)5-6-15/h11-13H,3-10H2,1-2H3. The zero-order chi connectivity index (χ0) is 13.7. The Morgan fingerprint density at radius 3 is 3.05 bits per heavy atom. The minimum Gasteiger partial charge on any atom is -0.296 e. The number of rotatable bonds is 6. The van der Waals surface area contributed by atoms with Crippen LogP contribution < -0.4 is 0 Å². The molecule has 2 heterocycles. The summed E-state index contributed by atoms with van der Waals surface area (Å²) in [4.78, 5) is 6.97. The topological polar surface area (TPSA) is 34.0 Å². The fourth-order valence-electron chi connectivity index (χ4n) is 2.79. The van der Waals surface area contributed by atoms with Crippen molar-refractivity contribution in [2.75, 3.05) is 18.4 Å². The number of piperidine rings is 1. The van der Waals surface area contributed by atoms with E-state index in [0.29, 0.717) is 5.92 Å². The molecule has 1 aliphatic heterocycles. The molecular formula is C14H25BrN4. The summed E-state index contributed by atoms with van der Waals surface area (Å²) in [5.74, 6) is 2.57. The predicted molar refractivity (Wildman–Crippen MR) is 81.3 cm³/mol. The number of likely N-dealkylation sites (tertiary alicyclic amines) is 1. The average Bonchev–Trinajstić information content (AvgIpc) is 2.77. The van der Waals surface area contributed by atoms with Crippen molar-refractivity contribution in [1.29, 1.82) is 0 Å². The molecule has 1 aromatic heterocycles. The highest BCUT2D eigenvalue weighted by molar-refractivity contribution is 9.09. The fourth-order valence-corrected chi connectivity index (χ4v) is 3.44. The third-order valence-corrected chi connectivity index (χ3v) is 4.18. The molecule has 1 fully saturated rings.